The van der Waals surface area contributed by atoms with Gasteiger partial charge in [-0.15, -0.1) is 0 Å². The first kappa shape index (κ1) is 15.7. The van der Waals surface area contributed by atoms with E-state index in [1.165, 1.54) is 0 Å². The quantitative estimate of drug-likeness (QED) is 0.581. The normalized spacial score (nSPS) is 16.8. The molecular formula is C16H19F3O2. The van der Waals surface area contributed by atoms with Crippen molar-refractivity contribution in [2.75, 3.05) is 6.61 Å². The van der Waals surface area contributed by atoms with Crippen LogP contribution in [0, 0.1) is 0 Å². The Bertz CT molecular complexity index is 519. The predicted octanol–water partition coefficient (Wildman–Crippen LogP) is 4.68. The summed E-state index contributed by atoms with van der Waals surface area (Å²) in [5, 5.41) is 0. The molecule has 0 fully saturated rings. The predicted molar refractivity (Wildman–Crippen MR) is 74.8 cm³/mol. The summed E-state index contributed by atoms with van der Waals surface area (Å²) in [7, 11) is 0. The van der Waals surface area contributed by atoms with E-state index in [0.717, 1.165) is 23.8 Å². The van der Waals surface area contributed by atoms with Crippen molar-refractivity contribution in [3.8, 4) is 11.5 Å². The molecule has 116 valence electrons. The number of halogens is 3. The van der Waals surface area contributed by atoms with Crippen molar-refractivity contribution in [1.29, 1.82) is 0 Å². The Morgan fingerprint density at radius 1 is 1.33 bits per heavy atom. The van der Waals surface area contributed by atoms with Gasteiger partial charge in [-0.05, 0) is 32.8 Å². The summed E-state index contributed by atoms with van der Waals surface area (Å²) in [5.41, 5.74) is 0.867. The van der Waals surface area contributed by atoms with Crippen LogP contribution in [0.1, 0.15) is 32.3 Å². The van der Waals surface area contributed by atoms with Gasteiger partial charge in [0.1, 0.15) is 5.60 Å². The Morgan fingerprint density at radius 3 is 2.81 bits per heavy atom. The van der Waals surface area contributed by atoms with E-state index in [1.54, 1.807) is 0 Å². The third-order valence-electron chi connectivity index (χ3n) is 3.13. The van der Waals surface area contributed by atoms with E-state index in [9.17, 15) is 13.2 Å². The molecule has 1 heterocycles. The first-order chi connectivity index (χ1) is 9.77. The van der Waals surface area contributed by atoms with E-state index < -0.39 is 6.18 Å². The molecule has 0 N–H and O–H groups in total. The van der Waals surface area contributed by atoms with Crippen molar-refractivity contribution in [3.63, 3.8) is 0 Å². The average Bonchev–Trinajstić information content (AvgIpc) is 2.67. The molecule has 1 aromatic carbocycles. The molecule has 0 aliphatic carbocycles. The number of para-hydroxylation sites is 1. The third kappa shape index (κ3) is 4.69. The number of rotatable bonds is 5. The van der Waals surface area contributed by atoms with E-state index in [-0.39, 0.29) is 11.7 Å². The lowest BCUT2D eigenvalue weighted by Gasteiger charge is -2.18. The van der Waals surface area contributed by atoms with E-state index in [0.29, 0.717) is 25.2 Å². The van der Waals surface area contributed by atoms with Crippen molar-refractivity contribution < 1.29 is 22.6 Å². The zero-order valence-electron chi connectivity index (χ0n) is 12.2. The molecule has 0 amide bonds. The topological polar surface area (TPSA) is 18.5 Å². The maximum absolute atomic E-state index is 11.9. The lowest BCUT2D eigenvalue weighted by molar-refractivity contribution is -0.0800. The van der Waals surface area contributed by atoms with Crippen LogP contribution in [-0.4, -0.2) is 18.4 Å². The van der Waals surface area contributed by atoms with Gasteiger partial charge >= 0.3 is 6.18 Å². The zero-order valence-corrected chi connectivity index (χ0v) is 12.2. The van der Waals surface area contributed by atoms with Gasteiger partial charge in [-0.1, -0.05) is 18.2 Å². The van der Waals surface area contributed by atoms with Gasteiger partial charge in [0.05, 0.1) is 6.61 Å². The molecule has 1 aliphatic rings. The molecule has 0 saturated carbocycles. The van der Waals surface area contributed by atoms with Crippen LogP contribution in [0.3, 0.4) is 0 Å². The molecule has 1 aromatic rings. The van der Waals surface area contributed by atoms with Gasteiger partial charge in [-0.3, -0.25) is 0 Å². The number of ether oxygens (including phenoxy) is 2. The van der Waals surface area contributed by atoms with Crippen LogP contribution >= 0.6 is 0 Å². The molecule has 0 bridgehead atoms. The summed E-state index contributed by atoms with van der Waals surface area (Å²) in [4.78, 5) is 0. The van der Waals surface area contributed by atoms with Crippen molar-refractivity contribution in [2.45, 2.75) is 44.9 Å². The highest BCUT2D eigenvalue weighted by molar-refractivity contribution is 5.50. The summed E-state index contributed by atoms with van der Waals surface area (Å²) in [6.45, 7) is 4.39. The summed E-state index contributed by atoms with van der Waals surface area (Å²) < 4.78 is 47.2. The number of hydrogen-bond acceptors (Lipinski definition) is 2. The van der Waals surface area contributed by atoms with Crippen LogP contribution in [0.2, 0.25) is 0 Å². The number of alkyl halides is 3. The molecule has 5 heteroatoms. The number of benzene rings is 1. The number of hydrogen-bond donors (Lipinski definition) is 0. The Hall–Kier alpha value is -1.65. The fourth-order valence-electron chi connectivity index (χ4n) is 2.30. The molecule has 1 aliphatic heterocycles. The molecule has 0 saturated heterocycles. The van der Waals surface area contributed by atoms with Crippen LogP contribution in [0.25, 0.3) is 0 Å². The van der Waals surface area contributed by atoms with Crippen LogP contribution < -0.4 is 9.47 Å². The minimum absolute atomic E-state index is 0.239. The van der Waals surface area contributed by atoms with Gasteiger partial charge in [0.2, 0.25) is 0 Å². The first-order valence-electron chi connectivity index (χ1n) is 6.95. The fraction of sp³-hybridized carbons (Fsp3) is 0.500. The molecule has 0 spiro atoms. The van der Waals surface area contributed by atoms with Crippen molar-refractivity contribution in [3.05, 3.63) is 35.9 Å². The summed E-state index contributed by atoms with van der Waals surface area (Å²) in [6, 6.07) is 5.73. The van der Waals surface area contributed by atoms with Gasteiger partial charge in [0.25, 0.3) is 0 Å². The van der Waals surface area contributed by atoms with Crippen molar-refractivity contribution >= 4 is 0 Å². The smallest absolute Gasteiger partial charge is 0.409 e. The minimum atomic E-state index is -4.24. The molecule has 0 atom stereocenters. The number of unbranched alkanes of at least 4 members (excludes halogenated alkanes) is 1. The molecule has 21 heavy (non-hydrogen) atoms. The molecule has 0 aromatic heterocycles. The number of allylic oxidation sites excluding steroid dienone is 2. The average molecular weight is 300 g/mol. The number of fused-ring (bicyclic) bond motifs is 1. The molecule has 0 radical (unpaired) electrons. The lowest BCUT2D eigenvalue weighted by atomic mass is 10.0. The van der Waals surface area contributed by atoms with E-state index in [2.05, 4.69) is 0 Å². The van der Waals surface area contributed by atoms with Gasteiger partial charge in [-0.2, -0.15) is 13.2 Å². The Balaban J connectivity index is 1.83. The lowest BCUT2D eigenvalue weighted by Crippen LogP contribution is -2.24. The summed E-state index contributed by atoms with van der Waals surface area (Å²) >= 11 is 0. The van der Waals surface area contributed by atoms with Gasteiger partial charge < -0.3 is 9.47 Å². The van der Waals surface area contributed by atoms with Crippen LogP contribution in [-0.2, 0) is 6.42 Å². The summed E-state index contributed by atoms with van der Waals surface area (Å²) in [5.74, 6) is 1.42. The van der Waals surface area contributed by atoms with Crippen LogP contribution in [0.4, 0.5) is 13.2 Å². The minimum Gasteiger partial charge on any atom is -0.490 e. The van der Waals surface area contributed by atoms with Crippen LogP contribution in [0.15, 0.2) is 30.4 Å². The SMILES string of the molecule is CC1(C)Cc2cccc(OCCC/C=C\C(F)(F)F)c2O1. The van der Waals surface area contributed by atoms with E-state index in [1.807, 2.05) is 32.0 Å². The van der Waals surface area contributed by atoms with Gasteiger partial charge in [-0.25, -0.2) is 0 Å². The highest BCUT2D eigenvalue weighted by atomic mass is 19.4. The third-order valence-corrected chi connectivity index (χ3v) is 3.13. The highest BCUT2D eigenvalue weighted by Gasteiger charge is 2.32. The molecule has 0 unspecified atom stereocenters. The maximum Gasteiger partial charge on any atom is 0.409 e. The van der Waals surface area contributed by atoms with Crippen molar-refractivity contribution in [2.24, 2.45) is 0 Å². The largest absolute Gasteiger partial charge is 0.490 e. The summed E-state index contributed by atoms with van der Waals surface area (Å²) in [6.07, 6.45) is -1.16. The second kappa shape index (κ2) is 6.00. The second-order valence-electron chi connectivity index (χ2n) is 5.72. The zero-order chi connectivity index (χ0) is 15.5. The first-order valence-corrected chi connectivity index (χ1v) is 6.95. The fourth-order valence-corrected chi connectivity index (χ4v) is 2.30. The van der Waals surface area contributed by atoms with Crippen LogP contribution in [0.5, 0.6) is 11.5 Å². The maximum atomic E-state index is 11.9. The van der Waals surface area contributed by atoms with E-state index in [4.69, 9.17) is 9.47 Å². The van der Waals surface area contributed by atoms with Gasteiger partial charge in [0, 0.05) is 18.1 Å². The standard InChI is InChI=1S/C16H19F3O2/c1-15(2)11-12-7-6-8-13(14(12)21-15)20-10-5-3-4-9-16(17,18)19/h4,6-9H,3,5,10-11H2,1-2H3/b9-4-. The Labute approximate surface area is 122 Å². The molecule has 2 rings (SSSR count). The monoisotopic (exact) mass is 300 g/mol. The van der Waals surface area contributed by atoms with E-state index >= 15 is 0 Å². The van der Waals surface area contributed by atoms with Gasteiger partial charge in [0.15, 0.2) is 11.5 Å². The second-order valence-corrected chi connectivity index (χ2v) is 5.72. The Morgan fingerprint density at radius 2 is 2.10 bits per heavy atom. The molecular weight excluding hydrogens is 281 g/mol. The Kier molecular flexibility index (Phi) is 4.49. The molecule has 2 nitrogen and oxygen atoms in total. The highest BCUT2D eigenvalue weighted by Crippen LogP contribution is 2.41. The van der Waals surface area contributed by atoms with Crippen molar-refractivity contribution in [1.82, 2.24) is 0 Å².